The molecule has 2 amide bonds. The molecule has 2 aliphatic carbocycles. The van der Waals surface area contributed by atoms with Crippen molar-refractivity contribution < 1.29 is 18.0 Å². The molecule has 0 radical (unpaired) electrons. The first-order chi connectivity index (χ1) is 11.9. The second kappa shape index (κ2) is 7.17. The van der Waals surface area contributed by atoms with Crippen molar-refractivity contribution >= 4 is 6.03 Å². The number of hydrogen-bond acceptors (Lipinski definition) is 3. The molecular formula is C17H23F3N4O. The third-order valence-corrected chi connectivity index (χ3v) is 5.47. The number of aromatic nitrogens is 2. The number of hydrogen-bond donors (Lipinski definition) is 2. The number of carbonyl (C=O) groups is 1. The molecule has 138 valence electrons. The first-order valence-corrected chi connectivity index (χ1v) is 8.82. The molecule has 0 aliphatic heterocycles. The minimum atomic E-state index is -4.56. The zero-order valence-corrected chi connectivity index (χ0v) is 14.0. The summed E-state index contributed by atoms with van der Waals surface area (Å²) in [6, 6.07) is -0.0894. The lowest BCUT2D eigenvalue weighted by atomic mass is 9.70. The summed E-state index contributed by atoms with van der Waals surface area (Å²) in [5, 5.41) is 5.77. The molecule has 1 spiro atoms. The van der Waals surface area contributed by atoms with Gasteiger partial charge in [0.25, 0.3) is 0 Å². The quantitative estimate of drug-likeness (QED) is 0.866. The molecule has 1 unspecified atom stereocenters. The van der Waals surface area contributed by atoms with Gasteiger partial charge in [0.15, 0.2) is 0 Å². The van der Waals surface area contributed by atoms with Crippen LogP contribution in [0.1, 0.15) is 62.8 Å². The van der Waals surface area contributed by atoms with E-state index in [1.807, 2.05) is 0 Å². The third-order valence-electron chi connectivity index (χ3n) is 5.47. The fourth-order valence-electron chi connectivity index (χ4n) is 4.20. The van der Waals surface area contributed by atoms with Crippen LogP contribution in [0.4, 0.5) is 18.0 Å². The summed E-state index contributed by atoms with van der Waals surface area (Å²) >= 11 is 0. The summed E-state index contributed by atoms with van der Waals surface area (Å²) in [4.78, 5) is 18.8. The average molecular weight is 356 g/mol. The van der Waals surface area contributed by atoms with Crippen molar-refractivity contribution in [3.63, 3.8) is 0 Å². The zero-order chi connectivity index (χ0) is 17.9. The lowest BCUT2D eigenvalue weighted by Gasteiger charge is -2.39. The highest BCUT2D eigenvalue weighted by Crippen LogP contribution is 2.49. The molecule has 2 N–H and O–H groups in total. The second-order valence-corrected chi connectivity index (χ2v) is 7.11. The van der Waals surface area contributed by atoms with Gasteiger partial charge in [0.2, 0.25) is 5.82 Å². The minimum absolute atomic E-state index is 0.101. The SMILES string of the molecule is O=C(NCc1cnc(C(F)(F)F)nc1)NC1CCCC12CCCCC2. The Morgan fingerprint density at radius 2 is 1.76 bits per heavy atom. The molecule has 1 aromatic rings. The summed E-state index contributed by atoms with van der Waals surface area (Å²) < 4.78 is 37.3. The Labute approximate surface area is 144 Å². The van der Waals surface area contributed by atoms with E-state index in [1.54, 1.807) is 0 Å². The van der Waals surface area contributed by atoms with Crippen LogP contribution < -0.4 is 10.6 Å². The molecule has 1 aromatic heterocycles. The molecule has 0 saturated heterocycles. The molecule has 2 fully saturated rings. The van der Waals surface area contributed by atoms with Crippen LogP contribution in [0, 0.1) is 5.41 Å². The maximum atomic E-state index is 12.4. The Balaban J connectivity index is 1.51. The molecule has 2 saturated carbocycles. The van der Waals surface area contributed by atoms with Crippen molar-refractivity contribution in [1.29, 1.82) is 0 Å². The summed E-state index contributed by atoms with van der Waals surface area (Å²) in [5.74, 6) is -1.18. The fraction of sp³-hybridized carbons (Fsp3) is 0.706. The Bertz CT molecular complexity index is 597. The Kier molecular flexibility index (Phi) is 5.15. The van der Waals surface area contributed by atoms with Crippen molar-refractivity contribution in [2.45, 2.75) is 70.1 Å². The van der Waals surface area contributed by atoms with Crippen LogP contribution in [0.5, 0.6) is 0 Å². The van der Waals surface area contributed by atoms with Crippen molar-refractivity contribution in [3.8, 4) is 0 Å². The van der Waals surface area contributed by atoms with Gasteiger partial charge in [-0.3, -0.25) is 0 Å². The highest BCUT2D eigenvalue weighted by Gasteiger charge is 2.43. The van der Waals surface area contributed by atoms with Crippen molar-refractivity contribution in [3.05, 3.63) is 23.8 Å². The molecule has 25 heavy (non-hydrogen) atoms. The van der Waals surface area contributed by atoms with Crippen LogP contribution in [0.15, 0.2) is 12.4 Å². The molecular weight excluding hydrogens is 333 g/mol. The first-order valence-electron chi connectivity index (χ1n) is 8.82. The average Bonchev–Trinajstić information content (AvgIpc) is 2.95. The van der Waals surface area contributed by atoms with E-state index in [9.17, 15) is 18.0 Å². The zero-order valence-electron chi connectivity index (χ0n) is 14.0. The van der Waals surface area contributed by atoms with Crippen LogP contribution in [0.3, 0.4) is 0 Å². The molecule has 1 heterocycles. The van der Waals surface area contributed by atoms with E-state index in [4.69, 9.17) is 0 Å². The van der Waals surface area contributed by atoms with Gasteiger partial charge in [-0.05, 0) is 31.1 Å². The van der Waals surface area contributed by atoms with E-state index >= 15 is 0 Å². The van der Waals surface area contributed by atoms with E-state index in [-0.39, 0.29) is 24.0 Å². The van der Waals surface area contributed by atoms with E-state index in [0.717, 1.165) is 25.2 Å². The minimum Gasteiger partial charge on any atom is -0.335 e. The number of amides is 2. The van der Waals surface area contributed by atoms with Crippen LogP contribution in [-0.2, 0) is 12.7 Å². The van der Waals surface area contributed by atoms with E-state index in [0.29, 0.717) is 5.56 Å². The monoisotopic (exact) mass is 356 g/mol. The summed E-state index contributed by atoms with van der Waals surface area (Å²) in [6.07, 6.45) is 7.00. The molecule has 5 nitrogen and oxygen atoms in total. The molecule has 8 heteroatoms. The van der Waals surface area contributed by atoms with Crippen molar-refractivity contribution in [2.75, 3.05) is 0 Å². The Hall–Kier alpha value is -1.86. The van der Waals surface area contributed by atoms with Gasteiger partial charge in [-0.1, -0.05) is 25.7 Å². The second-order valence-electron chi connectivity index (χ2n) is 7.11. The third kappa shape index (κ3) is 4.22. The van der Waals surface area contributed by atoms with Gasteiger partial charge in [-0.25, -0.2) is 14.8 Å². The molecule has 1 atom stereocenters. The van der Waals surface area contributed by atoms with Crippen molar-refractivity contribution in [2.24, 2.45) is 5.41 Å². The maximum absolute atomic E-state index is 12.4. The van der Waals surface area contributed by atoms with Gasteiger partial charge < -0.3 is 10.6 Å². The summed E-state index contributed by atoms with van der Waals surface area (Å²) in [5.41, 5.74) is 0.675. The first kappa shape index (κ1) is 17.9. The number of alkyl halides is 3. The van der Waals surface area contributed by atoms with E-state index in [1.165, 1.54) is 38.5 Å². The highest BCUT2D eigenvalue weighted by molar-refractivity contribution is 5.74. The number of rotatable bonds is 3. The summed E-state index contributed by atoms with van der Waals surface area (Å²) in [7, 11) is 0. The van der Waals surface area contributed by atoms with Crippen LogP contribution in [0.25, 0.3) is 0 Å². The van der Waals surface area contributed by atoms with Crippen molar-refractivity contribution in [1.82, 2.24) is 20.6 Å². The smallest absolute Gasteiger partial charge is 0.335 e. The number of nitrogens with zero attached hydrogens (tertiary/aromatic N) is 2. The fourth-order valence-corrected chi connectivity index (χ4v) is 4.20. The molecule has 0 bridgehead atoms. The van der Waals surface area contributed by atoms with Gasteiger partial charge in [0.1, 0.15) is 0 Å². The highest BCUT2D eigenvalue weighted by atomic mass is 19.4. The van der Waals surface area contributed by atoms with Gasteiger partial charge in [-0.15, -0.1) is 0 Å². The number of halogens is 3. The number of urea groups is 1. The lowest BCUT2D eigenvalue weighted by molar-refractivity contribution is -0.145. The predicted octanol–water partition coefficient (Wildman–Crippen LogP) is 3.80. The van der Waals surface area contributed by atoms with E-state index in [2.05, 4.69) is 20.6 Å². The largest absolute Gasteiger partial charge is 0.451 e. The standard InChI is InChI=1S/C17H23F3N4O/c18-17(19,20)14-21-9-12(10-22-14)11-23-15(25)24-13-5-4-8-16(13)6-2-1-3-7-16/h9-10,13H,1-8,11H2,(H2,23,24,25). The topological polar surface area (TPSA) is 66.9 Å². The maximum Gasteiger partial charge on any atom is 0.451 e. The summed E-state index contributed by atoms with van der Waals surface area (Å²) in [6.45, 7) is 0.101. The molecule has 0 aromatic carbocycles. The van der Waals surface area contributed by atoms with Crippen LogP contribution >= 0.6 is 0 Å². The number of carbonyl (C=O) groups excluding carboxylic acids is 1. The van der Waals surface area contributed by atoms with Gasteiger partial charge in [0, 0.05) is 30.5 Å². The number of nitrogens with one attached hydrogen (secondary N) is 2. The lowest BCUT2D eigenvalue weighted by Crippen LogP contribution is -2.48. The van der Waals surface area contributed by atoms with Crippen LogP contribution in [0.2, 0.25) is 0 Å². The Morgan fingerprint density at radius 3 is 2.40 bits per heavy atom. The van der Waals surface area contributed by atoms with E-state index < -0.39 is 12.0 Å². The van der Waals surface area contributed by atoms with Gasteiger partial charge in [-0.2, -0.15) is 13.2 Å². The molecule has 2 aliphatic rings. The predicted molar refractivity (Wildman–Crippen MR) is 85.6 cm³/mol. The van der Waals surface area contributed by atoms with Gasteiger partial charge in [0.05, 0.1) is 0 Å². The Morgan fingerprint density at radius 1 is 1.12 bits per heavy atom. The van der Waals surface area contributed by atoms with Crippen LogP contribution in [-0.4, -0.2) is 22.0 Å². The molecule has 3 rings (SSSR count). The normalized spacial score (nSPS) is 22.8. The van der Waals surface area contributed by atoms with Gasteiger partial charge >= 0.3 is 12.2 Å².